The van der Waals surface area contributed by atoms with Crippen molar-refractivity contribution in [3.8, 4) is 0 Å². The van der Waals surface area contributed by atoms with Gasteiger partial charge in [0.15, 0.2) is 0 Å². The topological polar surface area (TPSA) is 32.3 Å². The molecule has 0 saturated heterocycles. The number of halogens is 3. The molecule has 1 aromatic carbocycles. The summed E-state index contributed by atoms with van der Waals surface area (Å²) in [6.45, 7) is -0.966. The van der Waals surface area contributed by atoms with Crippen LogP contribution in [0.5, 0.6) is 0 Å². The molecule has 24 heavy (non-hydrogen) atoms. The Hall–Kier alpha value is -2.02. The minimum atomic E-state index is -4.42. The minimum Gasteiger partial charge on any atom is -0.338 e. The molecule has 0 spiro atoms. The summed E-state index contributed by atoms with van der Waals surface area (Å²) >= 11 is 1.39. The molecule has 0 aliphatic rings. The number of hydrogen-bond donors (Lipinski definition) is 1. The SMILES string of the molecule is O=C(NCCCc1ccccc1)N(Cc1ccsc1)CC(F)(F)F. The van der Waals surface area contributed by atoms with Crippen molar-refractivity contribution in [2.45, 2.75) is 25.6 Å². The van der Waals surface area contributed by atoms with Crippen LogP contribution >= 0.6 is 11.3 Å². The number of urea groups is 1. The summed E-state index contributed by atoms with van der Waals surface area (Å²) < 4.78 is 38.1. The molecule has 2 aromatic rings. The van der Waals surface area contributed by atoms with Crippen LogP contribution in [-0.4, -0.2) is 30.2 Å². The van der Waals surface area contributed by atoms with E-state index in [1.807, 2.05) is 30.3 Å². The molecule has 1 heterocycles. The second-order valence-electron chi connectivity index (χ2n) is 5.42. The van der Waals surface area contributed by atoms with Gasteiger partial charge in [0.05, 0.1) is 0 Å². The summed E-state index contributed by atoms with van der Waals surface area (Å²) in [5, 5.41) is 6.10. The van der Waals surface area contributed by atoms with Crippen molar-refractivity contribution in [1.29, 1.82) is 0 Å². The van der Waals surface area contributed by atoms with Crippen molar-refractivity contribution >= 4 is 17.4 Å². The van der Waals surface area contributed by atoms with Gasteiger partial charge in [-0.1, -0.05) is 30.3 Å². The van der Waals surface area contributed by atoms with Gasteiger partial charge in [-0.3, -0.25) is 0 Å². The van der Waals surface area contributed by atoms with Gasteiger partial charge in [-0.2, -0.15) is 24.5 Å². The zero-order valence-corrected chi connectivity index (χ0v) is 13.9. The average Bonchev–Trinajstić information content (AvgIpc) is 3.03. The lowest BCUT2D eigenvalue weighted by atomic mass is 10.1. The highest BCUT2D eigenvalue weighted by molar-refractivity contribution is 7.07. The van der Waals surface area contributed by atoms with Crippen molar-refractivity contribution in [2.75, 3.05) is 13.1 Å². The third kappa shape index (κ3) is 6.62. The molecule has 2 amide bonds. The number of alkyl halides is 3. The molecule has 0 saturated carbocycles. The molecular weight excluding hydrogens is 337 g/mol. The summed E-state index contributed by atoms with van der Waals surface area (Å²) in [5.41, 5.74) is 1.83. The molecule has 2 rings (SSSR count). The van der Waals surface area contributed by atoms with Gasteiger partial charge in [-0.25, -0.2) is 4.79 Å². The van der Waals surface area contributed by atoms with Gasteiger partial charge >= 0.3 is 12.2 Å². The number of thiophene rings is 1. The van der Waals surface area contributed by atoms with E-state index >= 15 is 0 Å². The molecule has 0 bridgehead atoms. The number of nitrogens with one attached hydrogen (secondary N) is 1. The smallest absolute Gasteiger partial charge is 0.338 e. The van der Waals surface area contributed by atoms with E-state index in [4.69, 9.17) is 0 Å². The number of aryl methyl sites for hydroxylation is 1. The number of hydrogen-bond acceptors (Lipinski definition) is 2. The number of amides is 2. The van der Waals surface area contributed by atoms with E-state index in [0.29, 0.717) is 18.5 Å². The largest absolute Gasteiger partial charge is 0.406 e. The standard InChI is InChI=1S/C17H19F3N2OS/c18-17(19,20)13-22(11-15-8-10-24-12-15)16(23)21-9-4-7-14-5-2-1-3-6-14/h1-3,5-6,8,10,12H,4,7,9,11,13H2,(H,21,23). The lowest BCUT2D eigenvalue weighted by molar-refractivity contribution is -0.140. The van der Waals surface area contributed by atoms with E-state index in [1.165, 1.54) is 11.3 Å². The van der Waals surface area contributed by atoms with Gasteiger partial charge in [-0.15, -0.1) is 0 Å². The normalized spacial score (nSPS) is 11.3. The second kappa shape index (κ2) is 8.73. The molecule has 0 radical (unpaired) electrons. The van der Waals surface area contributed by atoms with Gasteiger partial charge in [0.25, 0.3) is 0 Å². The fraction of sp³-hybridized carbons (Fsp3) is 0.353. The predicted octanol–water partition coefficient (Wildman–Crippen LogP) is 4.45. The lowest BCUT2D eigenvalue weighted by Crippen LogP contribution is -2.44. The lowest BCUT2D eigenvalue weighted by Gasteiger charge is -2.24. The number of benzene rings is 1. The van der Waals surface area contributed by atoms with Gasteiger partial charge < -0.3 is 10.2 Å². The zero-order valence-electron chi connectivity index (χ0n) is 13.1. The Morgan fingerprint density at radius 3 is 2.50 bits per heavy atom. The summed E-state index contributed by atoms with van der Waals surface area (Å²) in [5.74, 6) is 0. The van der Waals surface area contributed by atoms with E-state index in [-0.39, 0.29) is 6.54 Å². The zero-order chi connectivity index (χ0) is 17.4. The highest BCUT2D eigenvalue weighted by Gasteiger charge is 2.33. The van der Waals surface area contributed by atoms with E-state index < -0.39 is 18.8 Å². The molecule has 1 N–H and O–H groups in total. The summed E-state index contributed by atoms with van der Waals surface area (Å²) in [6, 6.07) is 10.8. The maximum atomic E-state index is 12.7. The third-order valence-electron chi connectivity index (χ3n) is 3.37. The van der Waals surface area contributed by atoms with Crippen LogP contribution in [0.25, 0.3) is 0 Å². The van der Waals surface area contributed by atoms with Crippen LogP contribution < -0.4 is 5.32 Å². The van der Waals surface area contributed by atoms with Crippen molar-refractivity contribution in [1.82, 2.24) is 10.2 Å². The number of nitrogens with zero attached hydrogens (tertiary/aromatic N) is 1. The van der Waals surface area contributed by atoms with Crippen LogP contribution in [0.2, 0.25) is 0 Å². The first-order chi connectivity index (χ1) is 11.4. The maximum Gasteiger partial charge on any atom is 0.406 e. The van der Waals surface area contributed by atoms with Gasteiger partial charge in [0, 0.05) is 13.1 Å². The Labute approximate surface area is 143 Å². The Bertz CT molecular complexity index is 615. The average molecular weight is 356 g/mol. The minimum absolute atomic E-state index is 0.0481. The summed E-state index contributed by atoms with van der Waals surface area (Å²) in [6.07, 6.45) is -2.98. The third-order valence-corrected chi connectivity index (χ3v) is 4.10. The Morgan fingerprint density at radius 2 is 1.88 bits per heavy atom. The van der Waals surface area contributed by atoms with Crippen molar-refractivity contribution in [2.24, 2.45) is 0 Å². The van der Waals surface area contributed by atoms with Crippen LogP contribution in [-0.2, 0) is 13.0 Å². The molecule has 0 fully saturated rings. The number of rotatable bonds is 7. The molecular formula is C17H19F3N2OS. The van der Waals surface area contributed by atoms with Gasteiger partial charge in [0.1, 0.15) is 6.54 Å². The van der Waals surface area contributed by atoms with Crippen molar-refractivity contribution in [3.05, 3.63) is 58.3 Å². The van der Waals surface area contributed by atoms with Gasteiger partial charge in [-0.05, 0) is 40.8 Å². The van der Waals surface area contributed by atoms with Crippen LogP contribution in [0.1, 0.15) is 17.5 Å². The van der Waals surface area contributed by atoms with Crippen LogP contribution in [0.3, 0.4) is 0 Å². The summed E-state index contributed by atoms with van der Waals surface area (Å²) in [7, 11) is 0. The first-order valence-corrected chi connectivity index (χ1v) is 8.53. The van der Waals surface area contributed by atoms with E-state index in [2.05, 4.69) is 5.32 Å². The molecule has 3 nitrogen and oxygen atoms in total. The van der Waals surface area contributed by atoms with Crippen molar-refractivity contribution in [3.63, 3.8) is 0 Å². The molecule has 7 heteroatoms. The molecule has 0 aliphatic heterocycles. The molecule has 0 unspecified atom stereocenters. The number of carbonyl (C=O) groups excluding carboxylic acids is 1. The monoisotopic (exact) mass is 356 g/mol. The number of carbonyl (C=O) groups is 1. The molecule has 130 valence electrons. The first-order valence-electron chi connectivity index (χ1n) is 7.58. The maximum absolute atomic E-state index is 12.7. The van der Waals surface area contributed by atoms with E-state index in [9.17, 15) is 18.0 Å². The fourth-order valence-electron chi connectivity index (χ4n) is 2.26. The van der Waals surface area contributed by atoms with Crippen LogP contribution in [0, 0.1) is 0 Å². The van der Waals surface area contributed by atoms with Crippen LogP contribution in [0.4, 0.5) is 18.0 Å². The second-order valence-corrected chi connectivity index (χ2v) is 6.20. The van der Waals surface area contributed by atoms with Crippen molar-refractivity contribution < 1.29 is 18.0 Å². The van der Waals surface area contributed by atoms with Gasteiger partial charge in [0.2, 0.25) is 0 Å². The highest BCUT2D eigenvalue weighted by atomic mass is 32.1. The Morgan fingerprint density at radius 1 is 1.12 bits per heavy atom. The predicted molar refractivity (Wildman–Crippen MR) is 88.9 cm³/mol. The molecule has 1 aromatic heterocycles. The molecule has 0 atom stereocenters. The summed E-state index contributed by atoms with van der Waals surface area (Å²) in [4.78, 5) is 12.9. The Kier molecular flexibility index (Phi) is 6.66. The van der Waals surface area contributed by atoms with E-state index in [0.717, 1.165) is 16.9 Å². The molecule has 0 aliphatic carbocycles. The Balaban J connectivity index is 1.82. The fourth-order valence-corrected chi connectivity index (χ4v) is 2.92. The highest BCUT2D eigenvalue weighted by Crippen LogP contribution is 2.19. The quantitative estimate of drug-likeness (QED) is 0.730. The first kappa shape index (κ1) is 18.3. The van der Waals surface area contributed by atoms with Crippen LogP contribution in [0.15, 0.2) is 47.2 Å². The van der Waals surface area contributed by atoms with E-state index in [1.54, 1.807) is 16.8 Å².